The smallest absolute Gasteiger partial charge is 0.417 e. The summed E-state index contributed by atoms with van der Waals surface area (Å²) in [4.78, 5) is 3.93. The zero-order chi connectivity index (χ0) is 22.3. The van der Waals surface area contributed by atoms with E-state index in [4.69, 9.17) is 10.00 Å². The summed E-state index contributed by atoms with van der Waals surface area (Å²) in [5.41, 5.74) is -0.680. The molecule has 1 aromatic heterocycles. The number of benzene rings is 1. The maximum absolute atomic E-state index is 12.9. The molecule has 6 heteroatoms. The molecule has 2 aromatic rings. The standard InChI is InChI=1S/C15H11F3N2O.C5H10.C3H6/c1-10(12-3-2-6-20-9-12)21-13-5-4-11(8-19)14(7-13)15(16,17)18;1-3-5-4-2;1-3-2/h2-7,9-10H,1H3;3,5H,4H2,1-2H3;3H,1H2,2H3/b;5-3-;. The Balaban J connectivity index is 0.000000838. The van der Waals surface area contributed by atoms with Gasteiger partial charge in [0.15, 0.2) is 0 Å². The van der Waals surface area contributed by atoms with E-state index in [2.05, 4.69) is 30.6 Å². The Labute approximate surface area is 171 Å². The third kappa shape index (κ3) is 10.2. The lowest BCUT2D eigenvalue weighted by Gasteiger charge is -2.16. The van der Waals surface area contributed by atoms with Gasteiger partial charge in [-0.1, -0.05) is 31.2 Å². The van der Waals surface area contributed by atoms with Gasteiger partial charge in [0.05, 0.1) is 17.2 Å². The Bertz CT molecular complexity index is 794. The van der Waals surface area contributed by atoms with E-state index in [1.54, 1.807) is 37.5 Å². The number of allylic oxidation sites excluding steroid dienone is 3. The van der Waals surface area contributed by atoms with E-state index in [-0.39, 0.29) is 5.75 Å². The maximum atomic E-state index is 12.9. The molecule has 0 spiro atoms. The number of rotatable bonds is 4. The third-order valence-corrected chi connectivity index (χ3v) is 3.35. The topological polar surface area (TPSA) is 45.9 Å². The van der Waals surface area contributed by atoms with Crippen LogP contribution in [0.1, 0.15) is 56.9 Å². The molecule has 0 N–H and O–H groups in total. The number of hydrogen-bond donors (Lipinski definition) is 0. The highest BCUT2D eigenvalue weighted by Crippen LogP contribution is 2.35. The van der Waals surface area contributed by atoms with Crippen molar-refractivity contribution in [1.82, 2.24) is 4.98 Å². The van der Waals surface area contributed by atoms with Crippen molar-refractivity contribution in [3.63, 3.8) is 0 Å². The van der Waals surface area contributed by atoms with Crippen LogP contribution in [-0.4, -0.2) is 4.98 Å². The Kier molecular flexibility index (Phi) is 12.5. The van der Waals surface area contributed by atoms with Crippen LogP contribution in [0.2, 0.25) is 0 Å². The molecule has 0 fully saturated rings. The molecule has 0 bridgehead atoms. The second kappa shape index (κ2) is 14.0. The minimum Gasteiger partial charge on any atom is -0.486 e. The molecule has 3 nitrogen and oxygen atoms in total. The molecule has 29 heavy (non-hydrogen) atoms. The van der Waals surface area contributed by atoms with E-state index in [1.165, 1.54) is 12.1 Å². The van der Waals surface area contributed by atoms with Crippen LogP contribution in [0.25, 0.3) is 0 Å². The molecular formula is C23H27F3N2O. The van der Waals surface area contributed by atoms with E-state index in [1.807, 2.05) is 13.8 Å². The predicted octanol–water partition coefficient (Wildman–Crippen LogP) is 7.28. The summed E-state index contributed by atoms with van der Waals surface area (Å²) < 4.78 is 44.1. The number of pyridine rings is 1. The first kappa shape index (κ1) is 25.9. The lowest BCUT2D eigenvalue weighted by atomic mass is 10.1. The van der Waals surface area contributed by atoms with Gasteiger partial charge in [0.1, 0.15) is 11.9 Å². The van der Waals surface area contributed by atoms with Gasteiger partial charge in [0.2, 0.25) is 0 Å². The van der Waals surface area contributed by atoms with Crippen molar-refractivity contribution in [2.75, 3.05) is 0 Å². The van der Waals surface area contributed by atoms with Gasteiger partial charge in [-0.25, -0.2) is 0 Å². The first-order valence-corrected chi connectivity index (χ1v) is 9.11. The lowest BCUT2D eigenvalue weighted by Crippen LogP contribution is -2.09. The van der Waals surface area contributed by atoms with Crippen LogP contribution in [0.15, 0.2) is 67.5 Å². The van der Waals surface area contributed by atoms with Crippen molar-refractivity contribution in [2.24, 2.45) is 0 Å². The largest absolute Gasteiger partial charge is 0.486 e. The summed E-state index contributed by atoms with van der Waals surface area (Å²) >= 11 is 0. The van der Waals surface area contributed by atoms with Gasteiger partial charge in [-0.15, -0.1) is 6.58 Å². The molecule has 1 heterocycles. The number of nitrogens with zero attached hydrogens (tertiary/aromatic N) is 2. The monoisotopic (exact) mass is 404 g/mol. The highest BCUT2D eigenvalue weighted by Gasteiger charge is 2.34. The first-order chi connectivity index (χ1) is 13.7. The lowest BCUT2D eigenvalue weighted by molar-refractivity contribution is -0.137. The summed E-state index contributed by atoms with van der Waals surface area (Å²) in [7, 11) is 0. The van der Waals surface area contributed by atoms with Crippen molar-refractivity contribution >= 4 is 0 Å². The first-order valence-electron chi connectivity index (χ1n) is 9.11. The summed E-state index contributed by atoms with van der Waals surface area (Å²) in [6.45, 7) is 11.1. The zero-order valence-electron chi connectivity index (χ0n) is 17.2. The van der Waals surface area contributed by atoms with E-state index in [9.17, 15) is 13.2 Å². The SMILES string of the molecule is C/C=C\CC.C=CC.CC(Oc1ccc(C#N)c(C(F)(F)F)c1)c1cccnc1. The van der Waals surface area contributed by atoms with Crippen molar-refractivity contribution < 1.29 is 17.9 Å². The molecule has 1 unspecified atom stereocenters. The van der Waals surface area contributed by atoms with Crippen molar-refractivity contribution in [1.29, 1.82) is 5.26 Å². The molecule has 0 aliphatic rings. The van der Waals surface area contributed by atoms with Gasteiger partial charge in [-0.3, -0.25) is 4.98 Å². The van der Waals surface area contributed by atoms with Gasteiger partial charge in [0, 0.05) is 18.0 Å². The number of halogens is 3. The van der Waals surface area contributed by atoms with Gasteiger partial charge in [-0.2, -0.15) is 18.4 Å². The average molecular weight is 404 g/mol. The Morgan fingerprint density at radius 3 is 2.34 bits per heavy atom. The Hall–Kier alpha value is -3.07. The van der Waals surface area contributed by atoms with E-state index < -0.39 is 23.4 Å². The second-order valence-electron chi connectivity index (χ2n) is 5.75. The van der Waals surface area contributed by atoms with Crippen molar-refractivity contribution in [2.45, 2.75) is 46.4 Å². The van der Waals surface area contributed by atoms with E-state index >= 15 is 0 Å². The van der Waals surface area contributed by atoms with Crippen molar-refractivity contribution in [3.8, 4) is 11.8 Å². The minimum absolute atomic E-state index is 0.0534. The van der Waals surface area contributed by atoms with Crippen LogP contribution in [0.3, 0.4) is 0 Å². The molecule has 0 saturated heterocycles. The van der Waals surface area contributed by atoms with Crippen LogP contribution in [0, 0.1) is 11.3 Å². The summed E-state index contributed by atoms with van der Waals surface area (Å²) in [5, 5.41) is 8.73. The van der Waals surface area contributed by atoms with E-state index in [0.717, 1.165) is 24.1 Å². The molecule has 1 atom stereocenters. The van der Waals surface area contributed by atoms with Gasteiger partial charge in [0.25, 0.3) is 0 Å². The molecule has 0 radical (unpaired) electrons. The molecule has 2 rings (SSSR count). The summed E-state index contributed by atoms with van der Waals surface area (Å²) in [6.07, 6.45) is 5.23. The number of hydrogen-bond acceptors (Lipinski definition) is 3. The third-order valence-electron chi connectivity index (χ3n) is 3.35. The number of aromatic nitrogens is 1. The quantitative estimate of drug-likeness (QED) is 0.503. The minimum atomic E-state index is -4.60. The number of alkyl halides is 3. The molecular weight excluding hydrogens is 377 g/mol. The van der Waals surface area contributed by atoms with Crippen LogP contribution in [-0.2, 0) is 6.18 Å². The number of ether oxygens (including phenoxy) is 1. The average Bonchev–Trinajstić information content (AvgIpc) is 2.69. The fourth-order valence-electron chi connectivity index (χ4n) is 2.05. The van der Waals surface area contributed by atoms with Crippen LogP contribution >= 0.6 is 0 Å². The second-order valence-corrected chi connectivity index (χ2v) is 5.75. The molecule has 0 aliphatic heterocycles. The van der Waals surface area contributed by atoms with Crippen LogP contribution < -0.4 is 4.74 Å². The van der Waals surface area contributed by atoms with Gasteiger partial charge >= 0.3 is 6.18 Å². The van der Waals surface area contributed by atoms with E-state index in [0.29, 0.717) is 0 Å². The fraction of sp³-hybridized carbons (Fsp3) is 0.304. The highest BCUT2D eigenvalue weighted by molar-refractivity contribution is 5.44. The highest BCUT2D eigenvalue weighted by atomic mass is 19.4. The summed E-state index contributed by atoms with van der Waals surface area (Å²) in [6, 6.07) is 8.31. The summed E-state index contributed by atoms with van der Waals surface area (Å²) in [5.74, 6) is 0.0534. The van der Waals surface area contributed by atoms with Gasteiger partial charge in [-0.05, 0) is 51.5 Å². The molecule has 1 aromatic carbocycles. The van der Waals surface area contributed by atoms with Crippen LogP contribution in [0.5, 0.6) is 5.75 Å². The molecule has 0 saturated carbocycles. The van der Waals surface area contributed by atoms with Gasteiger partial charge < -0.3 is 4.74 Å². The molecule has 156 valence electrons. The predicted molar refractivity (Wildman–Crippen MR) is 110 cm³/mol. The fourth-order valence-corrected chi connectivity index (χ4v) is 2.05. The Morgan fingerprint density at radius 2 is 1.93 bits per heavy atom. The Morgan fingerprint density at radius 1 is 1.28 bits per heavy atom. The van der Waals surface area contributed by atoms with Crippen LogP contribution in [0.4, 0.5) is 13.2 Å². The zero-order valence-corrected chi connectivity index (χ0v) is 17.2. The molecule has 0 amide bonds. The number of nitriles is 1. The normalized spacial score (nSPS) is 11.2. The van der Waals surface area contributed by atoms with Crippen molar-refractivity contribution in [3.05, 3.63) is 84.2 Å². The molecule has 0 aliphatic carbocycles. The maximum Gasteiger partial charge on any atom is 0.417 e.